The van der Waals surface area contributed by atoms with E-state index in [0.717, 1.165) is 49.7 Å². The van der Waals surface area contributed by atoms with Crippen molar-refractivity contribution in [3.63, 3.8) is 0 Å². The summed E-state index contributed by atoms with van der Waals surface area (Å²) in [5, 5.41) is 4.50. The van der Waals surface area contributed by atoms with Crippen LogP contribution in [0.3, 0.4) is 0 Å². The number of hydrogen-bond acceptors (Lipinski definition) is 3. The molecule has 0 saturated carbocycles. The molecular weight excluding hydrogens is 353 g/mol. The number of likely N-dealkylation sites (tertiary alicyclic amines) is 1. The minimum atomic E-state index is -0.198. The Hall–Kier alpha value is -2.47. The molecule has 148 valence electrons. The number of halogens is 1. The summed E-state index contributed by atoms with van der Waals surface area (Å²) in [6.45, 7) is 9.96. The fourth-order valence-corrected chi connectivity index (χ4v) is 4.21. The van der Waals surface area contributed by atoms with Crippen molar-refractivity contribution in [1.82, 2.24) is 24.2 Å². The highest BCUT2D eigenvalue weighted by molar-refractivity contribution is 5.21. The predicted octanol–water partition coefficient (Wildman–Crippen LogP) is 4.24. The number of nitrogens with zero attached hydrogens (tertiary/aromatic N) is 5. The first-order chi connectivity index (χ1) is 13.6. The number of aryl methyl sites for hydroxylation is 2. The van der Waals surface area contributed by atoms with Crippen LogP contribution in [0.1, 0.15) is 54.1 Å². The van der Waals surface area contributed by atoms with Crippen LogP contribution in [0.25, 0.3) is 0 Å². The van der Waals surface area contributed by atoms with E-state index in [9.17, 15) is 4.39 Å². The van der Waals surface area contributed by atoms with Gasteiger partial charge in [-0.2, -0.15) is 5.10 Å². The molecule has 0 radical (unpaired) electrons. The van der Waals surface area contributed by atoms with E-state index in [1.165, 1.54) is 29.8 Å². The molecular formula is C22H28FN5. The van der Waals surface area contributed by atoms with Crippen molar-refractivity contribution in [2.45, 2.75) is 59.3 Å². The lowest BCUT2D eigenvalue weighted by Gasteiger charge is -2.25. The van der Waals surface area contributed by atoms with Crippen LogP contribution in [-0.4, -0.2) is 30.8 Å². The van der Waals surface area contributed by atoms with Gasteiger partial charge in [-0.25, -0.2) is 9.37 Å². The number of imidazole rings is 1. The lowest BCUT2D eigenvalue weighted by molar-refractivity contribution is 0.235. The van der Waals surface area contributed by atoms with E-state index in [1.807, 2.05) is 24.5 Å². The molecule has 6 heteroatoms. The minimum Gasteiger partial charge on any atom is -0.327 e. The SMILES string of the molecule is CCn1ncc(CN2CCCC2c2ncc(C)n2Cc2ccc(F)cc2)c1C. The Kier molecular flexibility index (Phi) is 5.31. The van der Waals surface area contributed by atoms with Crippen LogP contribution in [0.2, 0.25) is 0 Å². The first-order valence-corrected chi connectivity index (χ1v) is 10.1. The Balaban J connectivity index is 1.57. The molecule has 1 saturated heterocycles. The fraction of sp³-hybridized carbons (Fsp3) is 0.455. The maximum absolute atomic E-state index is 13.3. The van der Waals surface area contributed by atoms with Gasteiger partial charge in [0.05, 0.1) is 12.2 Å². The summed E-state index contributed by atoms with van der Waals surface area (Å²) in [5.74, 6) is 0.913. The Morgan fingerprint density at radius 1 is 1.11 bits per heavy atom. The van der Waals surface area contributed by atoms with Gasteiger partial charge in [0.15, 0.2) is 0 Å². The van der Waals surface area contributed by atoms with Gasteiger partial charge in [-0.05, 0) is 57.9 Å². The van der Waals surface area contributed by atoms with Gasteiger partial charge >= 0.3 is 0 Å². The molecule has 3 heterocycles. The molecule has 2 aromatic heterocycles. The molecule has 0 aliphatic carbocycles. The summed E-state index contributed by atoms with van der Waals surface area (Å²) >= 11 is 0. The van der Waals surface area contributed by atoms with Crippen molar-refractivity contribution in [3.05, 3.63) is 70.8 Å². The minimum absolute atomic E-state index is 0.198. The first-order valence-electron chi connectivity index (χ1n) is 10.1. The van der Waals surface area contributed by atoms with E-state index in [-0.39, 0.29) is 5.82 Å². The van der Waals surface area contributed by atoms with Gasteiger partial charge in [-0.15, -0.1) is 0 Å². The molecule has 0 amide bonds. The van der Waals surface area contributed by atoms with Crippen LogP contribution in [0, 0.1) is 19.7 Å². The lowest BCUT2D eigenvalue weighted by Crippen LogP contribution is -2.26. The van der Waals surface area contributed by atoms with Crippen LogP contribution in [0.4, 0.5) is 4.39 Å². The van der Waals surface area contributed by atoms with Crippen molar-refractivity contribution >= 4 is 0 Å². The molecule has 3 aromatic rings. The van der Waals surface area contributed by atoms with E-state index in [0.29, 0.717) is 6.04 Å². The van der Waals surface area contributed by atoms with E-state index in [1.54, 1.807) is 0 Å². The van der Waals surface area contributed by atoms with Crippen LogP contribution >= 0.6 is 0 Å². The second kappa shape index (κ2) is 7.87. The maximum atomic E-state index is 13.3. The Bertz CT molecular complexity index is 940. The third-order valence-electron chi connectivity index (χ3n) is 5.88. The molecule has 1 aliphatic rings. The zero-order valence-corrected chi connectivity index (χ0v) is 16.9. The van der Waals surface area contributed by atoms with Crippen molar-refractivity contribution in [3.8, 4) is 0 Å². The smallest absolute Gasteiger partial charge is 0.126 e. The molecule has 0 N–H and O–H groups in total. The van der Waals surface area contributed by atoms with Crippen molar-refractivity contribution in [2.75, 3.05) is 6.54 Å². The Morgan fingerprint density at radius 3 is 2.61 bits per heavy atom. The Morgan fingerprint density at radius 2 is 1.89 bits per heavy atom. The van der Waals surface area contributed by atoms with Crippen molar-refractivity contribution in [2.24, 2.45) is 0 Å². The summed E-state index contributed by atoms with van der Waals surface area (Å²) in [7, 11) is 0. The molecule has 28 heavy (non-hydrogen) atoms. The molecule has 1 aliphatic heterocycles. The molecule has 5 nitrogen and oxygen atoms in total. The van der Waals surface area contributed by atoms with Crippen LogP contribution in [0.5, 0.6) is 0 Å². The molecule has 1 aromatic carbocycles. The lowest BCUT2D eigenvalue weighted by atomic mass is 10.1. The van der Waals surface area contributed by atoms with E-state index in [4.69, 9.17) is 4.98 Å². The average Bonchev–Trinajstić information content (AvgIpc) is 3.38. The van der Waals surface area contributed by atoms with Crippen molar-refractivity contribution in [1.29, 1.82) is 0 Å². The quantitative estimate of drug-likeness (QED) is 0.641. The van der Waals surface area contributed by atoms with Gasteiger partial charge in [0.1, 0.15) is 11.6 Å². The molecule has 0 bridgehead atoms. The average molecular weight is 381 g/mol. The summed E-state index contributed by atoms with van der Waals surface area (Å²) in [5.41, 5.74) is 4.77. The molecule has 1 unspecified atom stereocenters. The molecule has 1 fully saturated rings. The van der Waals surface area contributed by atoms with Crippen LogP contribution < -0.4 is 0 Å². The van der Waals surface area contributed by atoms with E-state index < -0.39 is 0 Å². The van der Waals surface area contributed by atoms with Crippen molar-refractivity contribution < 1.29 is 4.39 Å². The summed E-state index contributed by atoms with van der Waals surface area (Å²) in [6.07, 6.45) is 6.25. The van der Waals surface area contributed by atoms with Gasteiger partial charge in [0.2, 0.25) is 0 Å². The van der Waals surface area contributed by atoms with Gasteiger partial charge < -0.3 is 4.57 Å². The highest BCUT2D eigenvalue weighted by atomic mass is 19.1. The molecule has 0 spiro atoms. The predicted molar refractivity (Wildman–Crippen MR) is 107 cm³/mol. The van der Waals surface area contributed by atoms with E-state index in [2.05, 4.69) is 40.0 Å². The monoisotopic (exact) mass is 381 g/mol. The number of hydrogen-bond donors (Lipinski definition) is 0. The van der Waals surface area contributed by atoms with Crippen LogP contribution in [-0.2, 0) is 19.6 Å². The third kappa shape index (κ3) is 3.61. The molecule has 4 rings (SSSR count). The maximum Gasteiger partial charge on any atom is 0.126 e. The van der Waals surface area contributed by atoms with Crippen LogP contribution in [0.15, 0.2) is 36.7 Å². The highest BCUT2D eigenvalue weighted by Gasteiger charge is 2.30. The van der Waals surface area contributed by atoms with Gasteiger partial charge in [0.25, 0.3) is 0 Å². The second-order valence-corrected chi connectivity index (χ2v) is 7.67. The normalized spacial score (nSPS) is 17.5. The van der Waals surface area contributed by atoms with Gasteiger partial charge in [-0.3, -0.25) is 9.58 Å². The largest absolute Gasteiger partial charge is 0.327 e. The van der Waals surface area contributed by atoms with Gasteiger partial charge in [-0.1, -0.05) is 12.1 Å². The summed E-state index contributed by atoms with van der Waals surface area (Å²) in [4.78, 5) is 7.29. The number of benzene rings is 1. The standard InChI is InChI=1S/C22H28FN5/c1-4-28-17(3)19(13-25-28)15-26-11-5-6-21(26)22-24-12-16(2)27(22)14-18-7-9-20(23)10-8-18/h7-10,12-13,21H,4-6,11,14-15H2,1-3H3. The fourth-order valence-electron chi connectivity index (χ4n) is 4.21. The van der Waals surface area contributed by atoms with Gasteiger partial charge in [0, 0.05) is 42.8 Å². The topological polar surface area (TPSA) is 38.9 Å². The molecule has 1 atom stereocenters. The zero-order chi connectivity index (χ0) is 19.7. The highest BCUT2D eigenvalue weighted by Crippen LogP contribution is 2.33. The first kappa shape index (κ1) is 18.9. The third-order valence-corrected chi connectivity index (χ3v) is 5.88. The zero-order valence-electron chi connectivity index (χ0n) is 16.9. The summed E-state index contributed by atoms with van der Waals surface area (Å²) in [6, 6.07) is 7.06. The summed E-state index contributed by atoms with van der Waals surface area (Å²) < 4.78 is 17.6. The second-order valence-electron chi connectivity index (χ2n) is 7.67. The van der Waals surface area contributed by atoms with E-state index >= 15 is 0 Å². The number of rotatable bonds is 6. The Labute approximate surface area is 165 Å². The number of aromatic nitrogens is 4.